The molecule has 1 aliphatic rings. The fourth-order valence-electron chi connectivity index (χ4n) is 2.33. The van der Waals surface area contributed by atoms with E-state index in [-0.39, 0.29) is 12.0 Å². The summed E-state index contributed by atoms with van der Waals surface area (Å²) >= 11 is 0. The SMILES string of the molecule is Cc1nccc(NC2CCCCC2C(=O)O)n1. The van der Waals surface area contributed by atoms with Gasteiger partial charge in [-0.15, -0.1) is 0 Å². The van der Waals surface area contributed by atoms with Crippen molar-refractivity contribution in [1.29, 1.82) is 0 Å². The van der Waals surface area contributed by atoms with Gasteiger partial charge in [0.15, 0.2) is 0 Å². The second kappa shape index (κ2) is 5.12. The summed E-state index contributed by atoms with van der Waals surface area (Å²) in [6, 6.07) is 1.76. The van der Waals surface area contributed by atoms with Crippen molar-refractivity contribution < 1.29 is 9.90 Å². The van der Waals surface area contributed by atoms with E-state index in [2.05, 4.69) is 15.3 Å². The van der Waals surface area contributed by atoms with Gasteiger partial charge in [-0.3, -0.25) is 4.79 Å². The number of carboxylic acid groups (broad SMARTS) is 1. The molecule has 2 N–H and O–H groups in total. The third-order valence-corrected chi connectivity index (χ3v) is 3.19. The Hall–Kier alpha value is -1.65. The van der Waals surface area contributed by atoms with E-state index >= 15 is 0 Å². The van der Waals surface area contributed by atoms with Gasteiger partial charge in [-0.25, -0.2) is 9.97 Å². The quantitative estimate of drug-likeness (QED) is 0.836. The molecule has 1 aromatic heterocycles. The van der Waals surface area contributed by atoms with Crippen LogP contribution < -0.4 is 5.32 Å². The average molecular weight is 235 g/mol. The van der Waals surface area contributed by atoms with Crippen LogP contribution in [0, 0.1) is 12.8 Å². The minimum atomic E-state index is -0.715. The molecular formula is C12H17N3O2. The highest BCUT2D eigenvalue weighted by Gasteiger charge is 2.30. The van der Waals surface area contributed by atoms with Gasteiger partial charge in [0.2, 0.25) is 0 Å². The van der Waals surface area contributed by atoms with Crippen molar-refractivity contribution in [3.63, 3.8) is 0 Å². The molecule has 1 fully saturated rings. The Morgan fingerprint density at radius 1 is 1.47 bits per heavy atom. The number of rotatable bonds is 3. The summed E-state index contributed by atoms with van der Waals surface area (Å²) in [5.41, 5.74) is 0. The van der Waals surface area contributed by atoms with Crippen molar-refractivity contribution in [2.45, 2.75) is 38.6 Å². The number of aryl methyl sites for hydroxylation is 1. The molecule has 0 spiro atoms. The van der Waals surface area contributed by atoms with Crippen LogP contribution in [-0.2, 0) is 4.79 Å². The second-order valence-corrected chi connectivity index (χ2v) is 4.47. The number of carbonyl (C=O) groups is 1. The Morgan fingerprint density at radius 2 is 2.24 bits per heavy atom. The predicted molar refractivity (Wildman–Crippen MR) is 63.8 cm³/mol. The predicted octanol–water partition coefficient (Wildman–Crippen LogP) is 1.84. The lowest BCUT2D eigenvalue weighted by atomic mass is 9.84. The summed E-state index contributed by atoms with van der Waals surface area (Å²) < 4.78 is 0. The van der Waals surface area contributed by atoms with Crippen LogP contribution in [0.2, 0.25) is 0 Å². The number of nitrogens with one attached hydrogen (secondary N) is 1. The van der Waals surface area contributed by atoms with E-state index in [1.807, 2.05) is 6.92 Å². The molecule has 1 aliphatic carbocycles. The van der Waals surface area contributed by atoms with Crippen LogP contribution >= 0.6 is 0 Å². The first-order valence-corrected chi connectivity index (χ1v) is 5.96. The summed E-state index contributed by atoms with van der Waals surface area (Å²) in [5, 5.41) is 12.4. The standard InChI is InChI=1S/C12H17N3O2/c1-8-13-7-6-11(14-8)15-10-5-3-2-4-9(10)12(16)17/h6-7,9-10H,2-5H2,1H3,(H,16,17)(H,13,14,15). The van der Waals surface area contributed by atoms with Crippen molar-refractivity contribution in [2.75, 3.05) is 5.32 Å². The normalized spacial score (nSPS) is 24.3. The van der Waals surface area contributed by atoms with Gasteiger partial charge < -0.3 is 10.4 Å². The molecule has 5 heteroatoms. The highest BCUT2D eigenvalue weighted by molar-refractivity contribution is 5.71. The third kappa shape index (κ3) is 2.93. The van der Waals surface area contributed by atoms with Crippen LogP contribution in [0.15, 0.2) is 12.3 Å². The molecular weight excluding hydrogens is 218 g/mol. The van der Waals surface area contributed by atoms with Gasteiger partial charge in [0.05, 0.1) is 5.92 Å². The molecule has 92 valence electrons. The average Bonchev–Trinajstić information content (AvgIpc) is 2.29. The Bertz CT molecular complexity index is 408. The van der Waals surface area contributed by atoms with Crippen LogP contribution in [0.5, 0.6) is 0 Å². The number of aliphatic carboxylic acids is 1. The zero-order valence-corrected chi connectivity index (χ0v) is 9.89. The molecule has 2 atom stereocenters. The van der Waals surface area contributed by atoms with Gasteiger partial charge in [0.25, 0.3) is 0 Å². The lowest BCUT2D eigenvalue weighted by Crippen LogP contribution is -2.37. The molecule has 17 heavy (non-hydrogen) atoms. The van der Waals surface area contributed by atoms with Crippen molar-refractivity contribution in [3.05, 3.63) is 18.1 Å². The fraction of sp³-hybridized carbons (Fsp3) is 0.583. The van der Waals surface area contributed by atoms with Gasteiger partial charge in [0, 0.05) is 12.2 Å². The number of hydrogen-bond donors (Lipinski definition) is 2. The van der Waals surface area contributed by atoms with E-state index in [4.69, 9.17) is 5.11 Å². The largest absolute Gasteiger partial charge is 0.481 e. The minimum absolute atomic E-state index is 0.0180. The number of anilines is 1. The zero-order chi connectivity index (χ0) is 12.3. The summed E-state index contributed by atoms with van der Waals surface area (Å²) in [6.45, 7) is 1.82. The Labute approximate surface area is 100 Å². The van der Waals surface area contributed by atoms with Crippen LogP contribution in [0.3, 0.4) is 0 Å². The molecule has 0 saturated heterocycles. The Kier molecular flexibility index (Phi) is 3.56. The molecule has 2 rings (SSSR count). The highest BCUT2D eigenvalue weighted by Crippen LogP contribution is 2.26. The number of carboxylic acids is 1. The fourth-order valence-corrected chi connectivity index (χ4v) is 2.33. The molecule has 2 unspecified atom stereocenters. The maximum atomic E-state index is 11.1. The summed E-state index contributed by atoms with van der Waals surface area (Å²) in [5.74, 6) is 0.389. The molecule has 1 heterocycles. The Morgan fingerprint density at radius 3 is 2.94 bits per heavy atom. The van der Waals surface area contributed by atoms with Crippen LogP contribution in [0.25, 0.3) is 0 Å². The smallest absolute Gasteiger partial charge is 0.308 e. The minimum Gasteiger partial charge on any atom is -0.481 e. The number of nitrogens with zero attached hydrogens (tertiary/aromatic N) is 2. The van der Waals surface area contributed by atoms with E-state index in [0.29, 0.717) is 5.82 Å². The molecule has 0 aliphatic heterocycles. The lowest BCUT2D eigenvalue weighted by molar-refractivity contribution is -0.143. The number of aromatic nitrogens is 2. The summed E-state index contributed by atoms with van der Waals surface area (Å²) in [6.07, 6.45) is 5.39. The topological polar surface area (TPSA) is 75.1 Å². The molecule has 0 amide bonds. The molecule has 0 radical (unpaired) electrons. The second-order valence-electron chi connectivity index (χ2n) is 4.47. The molecule has 1 aromatic rings. The van der Waals surface area contributed by atoms with E-state index < -0.39 is 5.97 Å². The monoisotopic (exact) mass is 235 g/mol. The lowest BCUT2D eigenvalue weighted by Gasteiger charge is -2.29. The first-order chi connectivity index (χ1) is 8.16. The van der Waals surface area contributed by atoms with Gasteiger partial charge in [0.1, 0.15) is 11.6 Å². The van der Waals surface area contributed by atoms with E-state index in [0.717, 1.165) is 31.5 Å². The van der Waals surface area contributed by atoms with Crippen LogP contribution in [-0.4, -0.2) is 27.1 Å². The van der Waals surface area contributed by atoms with Gasteiger partial charge in [-0.1, -0.05) is 12.8 Å². The van der Waals surface area contributed by atoms with Gasteiger partial charge >= 0.3 is 5.97 Å². The first kappa shape index (κ1) is 11.8. The first-order valence-electron chi connectivity index (χ1n) is 5.96. The highest BCUT2D eigenvalue weighted by atomic mass is 16.4. The van der Waals surface area contributed by atoms with Crippen molar-refractivity contribution in [1.82, 2.24) is 9.97 Å². The third-order valence-electron chi connectivity index (χ3n) is 3.19. The van der Waals surface area contributed by atoms with Crippen LogP contribution in [0.1, 0.15) is 31.5 Å². The van der Waals surface area contributed by atoms with E-state index in [1.165, 1.54) is 0 Å². The van der Waals surface area contributed by atoms with Gasteiger partial charge in [-0.05, 0) is 25.8 Å². The van der Waals surface area contributed by atoms with Crippen molar-refractivity contribution >= 4 is 11.8 Å². The molecule has 0 aromatic carbocycles. The van der Waals surface area contributed by atoms with Gasteiger partial charge in [-0.2, -0.15) is 0 Å². The Balaban J connectivity index is 2.08. The van der Waals surface area contributed by atoms with Crippen molar-refractivity contribution in [2.24, 2.45) is 5.92 Å². The molecule has 0 bridgehead atoms. The number of hydrogen-bond acceptors (Lipinski definition) is 4. The van der Waals surface area contributed by atoms with E-state index in [9.17, 15) is 4.79 Å². The van der Waals surface area contributed by atoms with Crippen LogP contribution in [0.4, 0.5) is 5.82 Å². The molecule has 5 nitrogen and oxygen atoms in total. The molecule has 1 saturated carbocycles. The maximum absolute atomic E-state index is 11.1. The maximum Gasteiger partial charge on any atom is 0.308 e. The van der Waals surface area contributed by atoms with E-state index in [1.54, 1.807) is 12.3 Å². The summed E-state index contributed by atoms with van der Waals surface area (Å²) in [7, 11) is 0. The van der Waals surface area contributed by atoms with Crippen molar-refractivity contribution in [3.8, 4) is 0 Å². The zero-order valence-electron chi connectivity index (χ0n) is 9.89. The summed E-state index contributed by atoms with van der Waals surface area (Å²) in [4.78, 5) is 19.4.